The number of carbonyl (C=O) groups is 1. The van der Waals surface area contributed by atoms with Gasteiger partial charge in [0.15, 0.2) is 5.78 Å². The molecule has 1 unspecified atom stereocenters. The Bertz CT molecular complexity index is 584. The van der Waals surface area contributed by atoms with Crippen LogP contribution in [0.5, 0.6) is 0 Å². The largest absolute Gasteiger partial charge is 0.369 e. The highest BCUT2D eigenvalue weighted by atomic mass is 35.5. The summed E-state index contributed by atoms with van der Waals surface area (Å²) in [6, 6.07) is 12.9. The van der Waals surface area contributed by atoms with Gasteiger partial charge in [0.2, 0.25) is 0 Å². The lowest BCUT2D eigenvalue weighted by Gasteiger charge is -2.15. The molecule has 0 aliphatic carbocycles. The maximum Gasteiger partial charge on any atom is 0.199 e. The molecule has 19 heavy (non-hydrogen) atoms. The molecule has 0 aliphatic rings. The molecule has 2 aromatic carbocycles. The van der Waals surface area contributed by atoms with Gasteiger partial charge >= 0.3 is 0 Å². The van der Waals surface area contributed by atoms with Gasteiger partial charge in [-0.05, 0) is 23.8 Å². The van der Waals surface area contributed by atoms with Gasteiger partial charge in [0.05, 0.1) is 5.56 Å². The summed E-state index contributed by atoms with van der Waals surface area (Å²) in [6.07, 6.45) is -0.822. The number of hydrogen-bond acceptors (Lipinski definition) is 2. The van der Waals surface area contributed by atoms with Crippen molar-refractivity contribution in [3.8, 4) is 0 Å². The van der Waals surface area contributed by atoms with Gasteiger partial charge in [-0.2, -0.15) is 0 Å². The molecule has 0 N–H and O–H groups in total. The van der Waals surface area contributed by atoms with E-state index in [1.165, 1.54) is 19.2 Å². The summed E-state index contributed by atoms with van der Waals surface area (Å²) >= 11 is 5.67. The molecule has 0 fully saturated rings. The second-order valence-corrected chi connectivity index (χ2v) is 4.45. The first kappa shape index (κ1) is 13.7. The molecule has 0 amide bonds. The van der Waals surface area contributed by atoms with Gasteiger partial charge in [0.1, 0.15) is 11.9 Å². The van der Waals surface area contributed by atoms with Gasteiger partial charge in [0.25, 0.3) is 0 Å². The number of ether oxygens (including phenoxy) is 1. The smallest absolute Gasteiger partial charge is 0.199 e. The predicted molar refractivity (Wildman–Crippen MR) is 71.9 cm³/mol. The van der Waals surface area contributed by atoms with E-state index in [1.54, 1.807) is 24.3 Å². The quantitative estimate of drug-likeness (QED) is 0.789. The average Bonchev–Trinajstić information content (AvgIpc) is 2.40. The van der Waals surface area contributed by atoms with Crippen LogP contribution in [0.25, 0.3) is 0 Å². The Balaban J connectivity index is 2.36. The monoisotopic (exact) mass is 278 g/mol. The molecule has 0 bridgehead atoms. The first-order valence-electron chi connectivity index (χ1n) is 5.70. The number of methoxy groups -OCH3 is 1. The van der Waals surface area contributed by atoms with Crippen LogP contribution in [0.15, 0.2) is 48.5 Å². The fourth-order valence-corrected chi connectivity index (χ4v) is 2.01. The first-order chi connectivity index (χ1) is 9.13. The standard InChI is InChI=1S/C15H12ClFO2/c1-19-15(10-5-3-2-4-6-10)14(18)12-8-7-11(16)9-13(12)17/h2-9,15H,1H3. The molecule has 1 atom stereocenters. The van der Waals surface area contributed by atoms with E-state index in [0.29, 0.717) is 5.56 Å². The molecule has 4 heteroatoms. The van der Waals surface area contributed by atoms with Gasteiger partial charge in [-0.15, -0.1) is 0 Å². The Labute approximate surface area is 115 Å². The summed E-state index contributed by atoms with van der Waals surface area (Å²) in [5, 5.41) is 0.253. The minimum absolute atomic E-state index is 0.0277. The molecule has 0 aromatic heterocycles. The number of benzene rings is 2. The minimum atomic E-state index is -0.822. The summed E-state index contributed by atoms with van der Waals surface area (Å²) in [6.45, 7) is 0. The van der Waals surface area contributed by atoms with Gasteiger partial charge in [0, 0.05) is 12.1 Å². The first-order valence-corrected chi connectivity index (χ1v) is 6.08. The van der Waals surface area contributed by atoms with E-state index < -0.39 is 17.7 Å². The maximum atomic E-state index is 13.8. The zero-order chi connectivity index (χ0) is 13.8. The Hall–Kier alpha value is -1.71. The van der Waals surface area contributed by atoms with Crippen molar-refractivity contribution < 1.29 is 13.9 Å². The third kappa shape index (κ3) is 3.00. The van der Waals surface area contributed by atoms with E-state index in [0.717, 1.165) is 6.07 Å². The molecular formula is C15H12ClFO2. The minimum Gasteiger partial charge on any atom is -0.369 e. The number of Topliss-reactive ketones (excluding diaryl/α,β-unsaturated/α-hetero) is 1. The van der Waals surface area contributed by atoms with E-state index >= 15 is 0 Å². The van der Waals surface area contributed by atoms with Crippen LogP contribution in [0.1, 0.15) is 22.0 Å². The molecule has 0 radical (unpaired) electrons. The van der Waals surface area contributed by atoms with Crippen molar-refractivity contribution in [2.24, 2.45) is 0 Å². The van der Waals surface area contributed by atoms with Crippen molar-refractivity contribution in [2.45, 2.75) is 6.10 Å². The molecule has 0 heterocycles. The van der Waals surface area contributed by atoms with Gasteiger partial charge in [-0.25, -0.2) is 4.39 Å². The third-order valence-corrected chi connectivity index (χ3v) is 3.01. The number of carbonyl (C=O) groups excluding carboxylic acids is 1. The van der Waals surface area contributed by atoms with Crippen LogP contribution in [-0.2, 0) is 4.74 Å². The van der Waals surface area contributed by atoms with E-state index in [1.807, 2.05) is 6.07 Å². The van der Waals surface area contributed by atoms with E-state index in [-0.39, 0.29) is 10.6 Å². The normalized spacial score (nSPS) is 12.2. The van der Waals surface area contributed by atoms with Crippen LogP contribution in [0.3, 0.4) is 0 Å². The summed E-state index contributed by atoms with van der Waals surface area (Å²) in [4.78, 5) is 12.3. The number of rotatable bonds is 4. The topological polar surface area (TPSA) is 26.3 Å². The Kier molecular flexibility index (Phi) is 4.30. The SMILES string of the molecule is COC(C(=O)c1ccc(Cl)cc1F)c1ccccc1. The highest BCUT2D eigenvalue weighted by Crippen LogP contribution is 2.24. The van der Waals surface area contributed by atoms with Gasteiger partial charge < -0.3 is 4.74 Å². The molecule has 0 saturated heterocycles. The van der Waals surface area contributed by atoms with Crippen LogP contribution in [0, 0.1) is 5.82 Å². The summed E-state index contributed by atoms with van der Waals surface area (Å²) < 4.78 is 18.9. The Morgan fingerprint density at radius 1 is 1.21 bits per heavy atom. The summed E-state index contributed by atoms with van der Waals surface area (Å²) in [5.41, 5.74) is 0.657. The fourth-order valence-electron chi connectivity index (χ4n) is 1.85. The highest BCUT2D eigenvalue weighted by Gasteiger charge is 2.24. The lowest BCUT2D eigenvalue weighted by molar-refractivity contribution is 0.0600. The van der Waals surface area contributed by atoms with Crippen LogP contribution >= 0.6 is 11.6 Å². The van der Waals surface area contributed by atoms with E-state index in [9.17, 15) is 9.18 Å². The van der Waals surface area contributed by atoms with E-state index in [4.69, 9.17) is 16.3 Å². The lowest BCUT2D eigenvalue weighted by Crippen LogP contribution is -2.16. The second kappa shape index (κ2) is 5.95. The molecule has 2 aromatic rings. The van der Waals surface area contributed by atoms with Crippen molar-refractivity contribution in [2.75, 3.05) is 7.11 Å². The number of ketones is 1. The van der Waals surface area contributed by atoms with Crippen molar-refractivity contribution in [1.29, 1.82) is 0 Å². The van der Waals surface area contributed by atoms with Crippen LogP contribution in [0.4, 0.5) is 4.39 Å². The predicted octanol–water partition coefficient (Wildman–Crippen LogP) is 4.05. The number of halogens is 2. The van der Waals surface area contributed by atoms with Crippen LogP contribution in [0.2, 0.25) is 5.02 Å². The van der Waals surface area contributed by atoms with Gasteiger partial charge in [-0.3, -0.25) is 4.79 Å². The zero-order valence-corrected chi connectivity index (χ0v) is 11.0. The molecule has 0 saturated carbocycles. The van der Waals surface area contributed by atoms with Crippen LogP contribution in [-0.4, -0.2) is 12.9 Å². The summed E-state index contributed by atoms with van der Waals surface area (Å²) in [7, 11) is 1.42. The van der Waals surface area contributed by atoms with Gasteiger partial charge in [-0.1, -0.05) is 41.9 Å². The molecule has 0 aliphatic heterocycles. The van der Waals surface area contributed by atoms with Crippen molar-refractivity contribution in [3.63, 3.8) is 0 Å². The molecule has 0 spiro atoms. The van der Waals surface area contributed by atoms with Crippen molar-refractivity contribution in [3.05, 3.63) is 70.5 Å². The Morgan fingerprint density at radius 2 is 1.89 bits per heavy atom. The Morgan fingerprint density at radius 3 is 2.47 bits per heavy atom. The highest BCUT2D eigenvalue weighted by molar-refractivity contribution is 6.30. The second-order valence-electron chi connectivity index (χ2n) is 4.01. The molecule has 98 valence electrons. The fraction of sp³-hybridized carbons (Fsp3) is 0.133. The average molecular weight is 279 g/mol. The van der Waals surface area contributed by atoms with Crippen molar-refractivity contribution >= 4 is 17.4 Å². The zero-order valence-electron chi connectivity index (χ0n) is 10.3. The molecular weight excluding hydrogens is 267 g/mol. The van der Waals surface area contributed by atoms with Crippen molar-refractivity contribution in [1.82, 2.24) is 0 Å². The van der Waals surface area contributed by atoms with Crippen LogP contribution < -0.4 is 0 Å². The number of hydrogen-bond donors (Lipinski definition) is 0. The lowest BCUT2D eigenvalue weighted by atomic mass is 9.99. The molecule has 2 nitrogen and oxygen atoms in total. The third-order valence-electron chi connectivity index (χ3n) is 2.77. The van der Waals surface area contributed by atoms with E-state index in [2.05, 4.69) is 0 Å². The molecule has 2 rings (SSSR count). The summed E-state index contributed by atoms with van der Waals surface area (Å²) in [5.74, 6) is -1.07. The maximum absolute atomic E-state index is 13.8.